The quantitative estimate of drug-likeness (QED) is 0.758. The van der Waals surface area contributed by atoms with Gasteiger partial charge in [0.25, 0.3) is 0 Å². The number of oxime groups is 1. The van der Waals surface area contributed by atoms with Crippen LogP contribution in [0.1, 0.15) is 38.6 Å². The molecule has 1 N–H and O–H groups in total. The van der Waals surface area contributed by atoms with Gasteiger partial charge in [-0.05, 0) is 36.6 Å². The van der Waals surface area contributed by atoms with Gasteiger partial charge >= 0.3 is 5.69 Å². The van der Waals surface area contributed by atoms with Gasteiger partial charge in [0.1, 0.15) is 12.6 Å². The van der Waals surface area contributed by atoms with Crippen LogP contribution in [0.2, 0.25) is 0 Å². The molecule has 7 heteroatoms. The van der Waals surface area contributed by atoms with Gasteiger partial charge in [-0.3, -0.25) is 0 Å². The molecule has 1 heterocycles. The summed E-state index contributed by atoms with van der Waals surface area (Å²) in [5.41, 5.74) is 0.584. The number of rotatable bonds is 3. The molecule has 0 amide bonds. The lowest BCUT2D eigenvalue weighted by Crippen LogP contribution is -2.31. The maximum absolute atomic E-state index is 11.4. The van der Waals surface area contributed by atoms with Crippen molar-refractivity contribution in [1.29, 1.82) is 0 Å². The van der Waals surface area contributed by atoms with Crippen LogP contribution in [0.3, 0.4) is 0 Å². The largest absolute Gasteiger partial charge is 0.396 e. The van der Waals surface area contributed by atoms with Gasteiger partial charge in [-0.15, -0.1) is 0 Å². The van der Waals surface area contributed by atoms with Gasteiger partial charge in [-0.1, -0.05) is 11.6 Å². The van der Waals surface area contributed by atoms with Gasteiger partial charge in [-0.25, -0.2) is 9.89 Å². The maximum atomic E-state index is 11.4. The zero-order valence-electron chi connectivity index (χ0n) is 9.22. The predicted octanol–water partition coefficient (Wildman–Crippen LogP) is 0.474. The van der Waals surface area contributed by atoms with E-state index in [-0.39, 0.29) is 11.7 Å². The van der Waals surface area contributed by atoms with E-state index in [4.69, 9.17) is 4.84 Å². The summed E-state index contributed by atoms with van der Waals surface area (Å²) in [6.07, 6.45) is 3.85. The molecule has 1 saturated carbocycles. The molecule has 2 rings (SSSR count). The molecule has 0 bridgehead atoms. The van der Waals surface area contributed by atoms with Crippen molar-refractivity contribution >= 4 is 5.71 Å². The molecule has 0 aromatic carbocycles. The normalized spacial score (nSPS) is 23.6. The fourth-order valence-corrected chi connectivity index (χ4v) is 1.90. The number of H-pyrrole nitrogens is 1. The predicted molar refractivity (Wildman–Crippen MR) is 57.2 cm³/mol. The molecule has 1 aliphatic rings. The van der Waals surface area contributed by atoms with E-state index in [9.17, 15) is 4.79 Å². The number of aromatic nitrogens is 4. The summed E-state index contributed by atoms with van der Waals surface area (Å²) in [4.78, 5) is 16.5. The van der Waals surface area contributed by atoms with Gasteiger partial charge in [0.15, 0.2) is 0 Å². The van der Waals surface area contributed by atoms with Crippen LogP contribution in [0.4, 0.5) is 0 Å². The van der Waals surface area contributed by atoms with Crippen molar-refractivity contribution in [1.82, 2.24) is 20.2 Å². The Balaban J connectivity index is 2.23. The van der Waals surface area contributed by atoms with Crippen molar-refractivity contribution in [3.63, 3.8) is 0 Å². The Kier molecular flexibility index (Phi) is 3.33. The van der Waals surface area contributed by atoms with Crippen molar-refractivity contribution in [2.24, 2.45) is 5.16 Å². The summed E-state index contributed by atoms with van der Waals surface area (Å²) in [5, 5.41) is 13.6. The first-order chi connectivity index (χ1) is 7.83. The second-order valence-corrected chi connectivity index (χ2v) is 3.71. The number of hydrogen-bond acceptors (Lipinski definition) is 5. The summed E-state index contributed by atoms with van der Waals surface area (Å²) >= 11 is 0. The minimum Gasteiger partial charge on any atom is -0.396 e. The molecular weight excluding hydrogens is 210 g/mol. The Morgan fingerprint density at radius 3 is 3.19 bits per heavy atom. The molecule has 0 spiro atoms. The van der Waals surface area contributed by atoms with Gasteiger partial charge in [0.2, 0.25) is 0 Å². The molecule has 88 valence electrons. The van der Waals surface area contributed by atoms with E-state index in [1.807, 2.05) is 6.92 Å². The summed E-state index contributed by atoms with van der Waals surface area (Å²) in [5.74, 6) is 0. The average molecular weight is 225 g/mol. The lowest BCUT2D eigenvalue weighted by atomic mass is 9.93. The highest BCUT2D eigenvalue weighted by molar-refractivity contribution is 5.88. The standard InChI is InChI=1S/C9H15N5O2/c1-2-16-11-7-5-3-4-6-8(7)14-9(15)10-12-13-14/h8H,2-6H2,1H3,(H,10,13,15). The summed E-state index contributed by atoms with van der Waals surface area (Å²) < 4.78 is 1.34. The van der Waals surface area contributed by atoms with Gasteiger partial charge in [0, 0.05) is 0 Å². The van der Waals surface area contributed by atoms with E-state index in [0.717, 1.165) is 31.4 Å². The Bertz CT molecular complexity index is 422. The molecule has 1 atom stereocenters. The topological polar surface area (TPSA) is 85.2 Å². The second-order valence-electron chi connectivity index (χ2n) is 3.71. The fourth-order valence-electron chi connectivity index (χ4n) is 1.90. The molecule has 1 fully saturated rings. The van der Waals surface area contributed by atoms with Crippen molar-refractivity contribution in [2.75, 3.05) is 6.61 Å². The SMILES string of the molecule is CCON=C1CCCCC1n1nn[nH]c1=O. The minimum atomic E-state index is -0.295. The van der Waals surface area contributed by atoms with Crippen molar-refractivity contribution in [3.8, 4) is 0 Å². The van der Waals surface area contributed by atoms with Crippen LogP contribution in [0, 0.1) is 0 Å². The number of nitrogens with one attached hydrogen (secondary N) is 1. The van der Waals surface area contributed by atoms with E-state index in [1.165, 1.54) is 4.68 Å². The van der Waals surface area contributed by atoms with Crippen molar-refractivity contribution in [3.05, 3.63) is 10.5 Å². The summed E-state index contributed by atoms with van der Waals surface area (Å²) in [6, 6.07) is -0.105. The highest BCUT2D eigenvalue weighted by atomic mass is 16.6. The van der Waals surface area contributed by atoms with Crippen LogP contribution < -0.4 is 5.69 Å². The van der Waals surface area contributed by atoms with Crippen LogP contribution in [0.5, 0.6) is 0 Å². The van der Waals surface area contributed by atoms with Crippen LogP contribution >= 0.6 is 0 Å². The Morgan fingerprint density at radius 2 is 2.50 bits per heavy atom. The van der Waals surface area contributed by atoms with Crippen LogP contribution in [0.15, 0.2) is 9.95 Å². The molecule has 0 radical (unpaired) electrons. The van der Waals surface area contributed by atoms with E-state index in [2.05, 4.69) is 20.7 Å². The number of hydrogen-bond donors (Lipinski definition) is 1. The first-order valence-electron chi connectivity index (χ1n) is 5.51. The van der Waals surface area contributed by atoms with E-state index in [1.54, 1.807) is 0 Å². The van der Waals surface area contributed by atoms with Crippen molar-refractivity contribution in [2.45, 2.75) is 38.6 Å². The Labute approximate surface area is 92.5 Å². The smallest absolute Gasteiger partial charge is 0.361 e. The van der Waals surface area contributed by atoms with Crippen LogP contribution in [-0.4, -0.2) is 32.5 Å². The molecule has 1 unspecified atom stereocenters. The fraction of sp³-hybridized carbons (Fsp3) is 0.778. The van der Waals surface area contributed by atoms with Crippen LogP contribution in [-0.2, 0) is 4.84 Å². The third-order valence-corrected chi connectivity index (χ3v) is 2.65. The Hall–Kier alpha value is -1.66. The highest BCUT2D eigenvalue weighted by Crippen LogP contribution is 2.24. The molecule has 0 saturated heterocycles. The van der Waals surface area contributed by atoms with Gasteiger partial charge in [-0.2, -0.15) is 4.68 Å². The minimum absolute atomic E-state index is 0.105. The molecule has 1 aromatic rings. The number of tetrazole rings is 1. The molecule has 16 heavy (non-hydrogen) atoms. The average Bonchev–Trinajstić information content (AvgIpc) is 2.73. The Morgan fingerprint density at radius 1 is 1.62 bits per heavy atom. The monoisotopic (exact) mass is 225 g/mol. The van der Waals surface area contributed by atoms with E-state index in [0.29, 0.717) is 6.61 Å². The number of nitrogens with zero attached hydrogens (tertiary/aromatic N) is 4. The zero-order chi connectivity index (χ0) is 11.4. The first kappa shape index (κ1) is 10.8. The molecule has 7 nitrogen and oxygen atoms in total. The lowest BCUT2D eigenvalue weighted by molar-refractivity contribution is 0.155. The van der Waals surface area contributed by atoms with Gasteiger partial charge < -0.3 is 4.84 Å². The third-order valence-electron chi connectivity index (χ3n) is 2.65. The zero-order valence-corrected chi connectivity index (χ0v) is 9.22. The molecule has 0 aliphatic heterocycles. The van der Waals surface area contributed by atoms with Crippen molar-refractivity contribution < 1.29 is 4.84 Å². The molecule has 1 aromatic heterocycles. The number of aromatic amines is 1. The highest BCUT2D eigenvalue weighted by Gasteiger charge is 2.25. The van der Waals surface area contributed by atoms with E-state index >= 15 is 0 Å². The molecular formula is C9H15N5O2. The summed E-state index contributed by atoms with van der Waals surface area (Å²) in [7, 11) is 0. The van der Waals surface area contributed by atoms with Crippen LogP contribution in [0.25, 0.3) is 0 Å². The second kappa shape index (κ2) is 4.91. The first-order valence-corrected chi connectivity index (χ1v) is 5.51. The maximum Gasteiger partial charge on any atom is 0.361 e. The third kappa shape index (κ3) is 2.12. The lowest BCUT2D eigenvalue weighted by Gasteiger charge is -2.22. The summed E-state index contributed by atoms with van der Waals surface area (Å²) in [6.45, 7) is 2.41. The van der Waals surface area contributed by atoms with Gasteiger partial charge in [0.05, 0.1) is 5.71 Å². The van der Waals surface area contributed by atoms with E-state index < -0.39 is 0 Å². The molecule has 1 aliphatic carbocycles.